The van der Waals surface area contributed by atoms with Crippen LogP contribution in [0.5, 0.6) is 5.75 Å². The van der Waals surface area contributed by atoms with E-state index in [9.17, 15) is 24.3 Å². The number of fused-ring (bicyclic) bond motifs is 4. The van der Waals surface area contributed by atoms with E-state index in [1.54, 1.807) is 30.3 Å². The number of nitrogens with zero attached hydrogens (tertiary/aromatic N) is 3. The van der Waals surface area contributed by atoms with Crippen molar-refractivity contribution in [1.82, 2.24) is 20.1 Å². The Morgan fingerprint density at radius 3 is 2.57 bits per heavy atom. The number of hydrogen-bond acceptors (Lipinski definition) is 9. The monoisotopic (exact) mass is 850 g/mol. The number of carbonyl (C=O) groups excluding carboxylic acids is 4. The van der Waals surface area contributed by atoms with E-state index in [1.165, 1.54) is 16.0 Å². The standard InChI is InChI=1S/C50H51FN6O6/c51-41-25-31(5-4-24-63-45-10-3-9-37-40(45)29-57(50(37)62)44-16-17-47(60)55-49(44)61)12-13-33(41)6-2-11-46(59)53-36-8-1-7-34(26-36)35-14-15-42-39(27-35)48-38(43(30-58)54-42)20-23-56(48)28-32-18-21-52-22-19-32/h1,3,7-10,12-15,18-19,21-22,25-27,38,43-44,48,54,58H,2,4-6,11,16-17,20,23-24,28-30H2,(H,53,59)(H,55,60,61)/t38-,43-,44?,48-/m1/s1. The molecule has 9 rings (SSSR count). The van der Waals surface area contributed by atoms with Crippen LogP contribution in [0.4, 0.5) is 15.8 Å². The van der Waals surface area contributed by atoms with Gasteiger partial charge in [-0.15, -0.1) is 0 Å². The number of imide groups is 1. The van der Waals surface area contributed by atoms with Crippen LogP contribution < -0.4 is 20.7 Å². The molecule has 13 heteroatoms. The molecule has 63 heavy (non-hydrogen) atoms. The van der Waals surface area contributed by atoms with E-state index in [0.717, 1.165) is 47.5 Å². The van der Waals surface area contributed by atoms with Gasteiger partial charge in [0, 0.05) is 66.2 Å². The van der Waals surface area contributed by atoms with Gasteiger partial charge in [-0.2, -0.15) is 0 Å². The molecular weight excluding hydrogens is 800 g/mol. The topological polar surface area (TPSA) is 153 Å². The molecule has 5 heterocycles. The van der Waals surface area contributed by atoms with Crippen LogP contribution in [-0.4, -0.2) is 75.4 Å². The average molecular weight is 851 g/mol. The van der Waals surface area contributed by atoms with Crippen molar-refractivity contribution in [2.45, 2.75) is 82.6 Å². The first-order valence-corrected chi connectivity index (χ1v) is 21.9. The zero-order valence-corrected chi connectivity index (χ0v) is 35.0. The van der Waals surface area contributed by atoms with Gasteiger partial charge in [0.05, 0.1) is 25.8 Å². The highest BCUT2D eigenvalue weighted by Gasteiger charge is 2.44. The fourth-order valence-electron chi connectivity index (χ4n) is 9.78. The predicted octanol–water partition coefficient (Wildman–Crippen LogP) is 6.97. The molecule has 1 aromatic heterocycles. The molecule has 0 radical (unpaired) electrons. The second-order valence-corrected chi connectivity index (χ2v) is 17.0. The Balaban J connectivity index is 0.753. The highest BCUT2D eigenvalue weighted by molar-refractivity contribution is 6.05. The Kier molecular flexibility index (Phi) is 12.3. The third kappa shape index (κ3) is 9.07. The lowest BCUT2D eigenvalue weighted by atomic mass is 9.82. The van der Waals surface area contributed by atoms with Crippen molar-refractivity contribution in [3.05, 3.63) is 143 Å². The lowest BCUT2D eigenvalue weighted by Gasteiger charge is -2.39. The minimum absolute atomic E-state index is 0.00874. The molecule has 12 nitrogen and oxygen atoms in total. The summed E-state index contributed by atoms with van der Waals surface area (Å²) in [5, 5.41) is 19.2. The maximum absolute atomic E-state index is 15.2. The molecular formula is C50H51FN6O6. The number of rotatable bonds is 15. The molecule has 0 saturated carbocycles. The van der Waals surface area contributed by atoms with Gasteiger partial charge in [-0.3, -0.25) is 34.4 Å². The highest BCUT2D eigenvalue weighted by atomic mass is 19.1. The largest absolute Gasteiger partial charge is 0.493 e. The number of halogens is 1. The van der Waals surface area contributed by atoms with Crippen molar-refractivity contribution in [2.75, 3.05) is 30.4 Å². The van der Waals surface area contributed by atoms with Crippen LogP contribution in [0.15, 0.2) is 103 Å². The number of nitrogens with one attached hydrogen (secondary N) is 3. The smallest absolute Gasteiger partial charge is 0.255 e. The Morgan fingerprint density at radius 1 is 0.905 bits per heavy atom. The Labute approximate surface area is 365 Å². The fraction of sp³-hybridized carbons (Fsp3) is 0.340. The molecule has 1 unspecified atom stereocenters. The third-order valence-corrected chi connectivity index (χ3v) is 13.0. The molecule has 2 saturated heterocycles. The first kappa shape index (κ1) is 41.9. The average Bonchev–Trinajstić information content (AvgIpc) is 3.87. The second-order valence-electron chi connectivity index (χ2n) is 17.0. The van der Waals surface area contributed by atoms with Crippen LogP contribution in [0, 0.1) is 11.7 Å². The molecule has 4 aromatic carbocycles. The summed E-state index contributed by atoms with van der Waals surface area (Å²) in [5.41, 5.74) is 8.81. The number of aryl methyl sites for hydroxylation is 2. The van der Waals surface area contributed by atoms with E-state index in [4.69, 9.17) is 4.74 Å². The van der Waals surface area contributed by atoms with Crippen molar-refractivity contribution in [2.24, 2.45) is 5.92 Å². The zero-order chi connectivity index (χ0) is 43.5. The number of ether oxygens (including phenoxy) is 1. The van der Waals surface area contributed by atoms with E-state index in [0.29, 0.717) is 61.3 Å². The summed E-state index contributed by atoms with van der Waals surface area (Å²) in [7, 11) is 0. The van der Waals surface area contributed by atoms with Gasteiger partial charge in [-0.1, -0.05) is 36.4 Å². The Bertz CT molecular complexity index is 2530. The van der Waals surface area contributed by atoms with E-state index in [2.05, 4.69) is 56.2 Å². The number of amides is 4. The predicted molar refractivity (Wildman–Crippen MR) is 236 cm³/mol. The van der Waals surface area contributed by atoms with Crippen LogP contribution in [0.2, 0.25) is 0 Å². The SMILES string of the molecule is O=C1CCC(N2Cc3c(OCCCc4ccc(CCCC(=O)Nc5cccc(-c6ccc7c(c6)[C@H]6[C@H](CCN6Cc6ccncc6)[C@@H](CO)N7)c5)c(F)c4)cccc3C2=O)C(=O)N1. The number of piperidine rings is 1. The van der Waals surface area contributed by atoms with Crippen LogP contribution >= 0.6 is 0 Å². The number of anilines is 2. The number of likely N-dealkylation sites (tertiary alicyclic amines) is 1. The normalized spacial score (nSPS) is 20.4. The number of benzene rings is 4. The quantitative estimate of drug-likeness (QED) is 0.0647. The van der Waals surface area contributed by atoms with Gasteiger partial charge in [-0.25, -0.2) is 4.39 Å². The molecule has 0 spiro atoms. The summed E-state index contributed by atoms with van der Waals surface area (Å²) in [6, 6.07) is 28.4. The lowest BCUT2D eigenvalue weighted by molar-refractivity contribution is -0.137. The first-order valence-electron chi connectivity index (χ1n) is 21.9. The van der Waals surface area contributed by atoms with Crippen LogP contribution in [0.25, 0.3) is 11.1 Å². The molecule has 4 N–H and O–H groups in total. The summed E-state index contributed by atoms with van der Waals surface area (Å²) in [6.07, 6.45) is 7.51. The summed E-state index contributed by atoms with van der Waals surface area (Å²) in [4.78, 5) is 58.5. The van der Waals surface area contributed by atoms with Crippen molar-refractivity contribution in [3.63, 3.8) is 0 Å². The van der Waals surface area contributed by atoms with Crippen LogP contribution in [0.3, 0.4) is 0 Å². The Hall–Kier alpha value is -6.44. The van der Waals surface area contributed by atoms with E-state index >= 15 is 4.39 Å². The summed E-state index contributed by atoms with van der Waals surface area (Å²) in [6.45, 7) is 2.42. The number of hydrogen-bond donors (Lipinski definition) is 4. The number of aromatic nitrogens is 1. The van der Waals surface area contributed by atoms with Gasteiger partial charge in [-0.05, 0) is 133 Å². The lowest BCUT2D eigenvalue weighted by Crippen LogP contribution is -2.52. The van der Waals surface area contributed by atoms with E-state index in [-0.39, 0.29) is 67.5 Å². The number of pyridine rings is 1. The highest BCUT2D eigenvalue weighted by Crippen LogP contribution is 2.48. The minimum atomic E-state index is -0.695. The second kappa shape index (κ2) is 18.5. The number of carbonyl (C=O) groups is 4. The maximum atomic E-state index is 15.2. The molecule has 4 atom stereocenters. The number of aliphatic hydroxyl groups is 1. The zero-order valence-electron chi connectivity index (χ0n) is 35.0. The molecule has 324 valence electrons. The molecule has 0 bridgehead atoms. The van der Waals surface area contributed by atoms with Crippen molar-refractivity contribution in [3.8, 4) is 16.9 Å². The van der Waals surface area contributed by atoms with Gasteiger partial charge < -0.3 is 25.4 Å². The molecule has 4 amide bonds. The fourth-order valence-corrected chi connectivity index (χ4v) is 9.78. The molecule has 4 aliphatic heterocycles. The van der Waals surface area contributed by atoms with Crippen LogP contribution in [0.1, 0.15) is 82.7 Å². The van der Waals surface area contributed by atoms with E-state index in [1.807, 2.05) is 42.7 Å². The van der Waals surface area contributed by atoms with E-state index < -0.39 is 11.9 Å². The Morgan fingerprint density at radius 2 is 1.75 bits per heavy atom. The van der Waals surface area contributed by atoms with Crippen molar-refractivity contribution < 1.29 is 33.4 Å². The molecule has 4 aliphatic rings. The summed E-state index contributed by atoms with van der Waals surface area (Å²) >= 11 is 0. The van der Waals surface area contributed by atoms with Gasteiger partial charge in [0.15, 0.2) is 0 Å². The van der Waals surface area contributed by atoms with Gasteiger partial charge in [0.1, 0.15) is 17.6 Å². The molecule has 2 fully saturated rings. The van der Waals surface area contributed by atoms with Gasteiger partial charge >= 0.3 is 0 Å². The third-order valence-electron chi connectivity index (χ3n) is 13.0. The first-order chi connectivity index (χ1) is 30.7. The maximum Gasteiger partial charge on any atom is 0.255 e. The molecule has 5 aromatic rings. The minimum Gasteiger partial charge on any atom is -0.493 e. The van der Waals surface area contributed by atoms with Crippen molar-refractivity contribution >= 4 is 35.0 Å². The van der Waals surface area contributed by atoms with Gasteiger partial charge in [0.2, 0.25) is 17.7 Å². The van der Waals surface area contributed by atoms with Gasteiger partial charge in [0.25, 0.3) is 5.91 Å². The van der Waals surface area contributed by atoms with Crippen molar-refractivity contribution in [1.29, 1.82) is 0 Å². The number of aliphatic hydroxyl groups excluding tert-OH is 1. The van der Waals surface area contributed by atoms with Crippen LogP contribution in [-0.2, 0) is 40.3 Å². The summed E-state index contributed by atoms with van der Waals surface area (Å²) in [5.74, 6) is -0.612. The summed E-state index contributed by atoms with van der Waals surface area (Å²) < 4.78 is 21.3. The molecule has 0 aliphatic carbocycles.